The fourth-order valence-corrected chi connectivity index (χ4v) is 5.77. The Balaban J connectivity index is 1.96. The average molecular weight is 465 g/mol. The van der Waals surface area contributed by atoms with Crippen molar-refractivity contribution in [3.05, 3.63) is 11.8 Å². The molecule has 190 valence electrons. The lowest BCUT2D eigenvalue weighted by atomic mass is 9.54. The smallest absolute Gasteiger partial charge is 0.314 e. The first-order valence-electron chi connectivity index (χ1n) is 13.8. The van der Waals surface area contributed by atoms with Crippen LogP contribution in [0.2, 0.25) is 0 Å². The molecule has 0 aromatic heterocycles. The van der Waals surface area contributed by atoms with Crippen molar-refractivity contribution in [2.45, 2.75) is 142 Å². The third-order valence-corrected chi connectivity index (χ3v) is 7.99. The predicted molar refractivity (Wildman–Crippen MR) is 132 cm³/mol. The number of fused-ring (bicyclic) bond motifs is 1. The van der Waals surface area contributed by atoms with Gasteiger partial charge >= 0.3 is 11.9 Å². The van der Waals surface area contributed by atoms with Gasteiger partial charge in [0.15, 0.2) is 6.10 Å². The number of carbonyl (C=O) groups is 2. The van der Waals surface area contributed by atoms with E-state index in [1.165, 1.54) is 64.2 Å². The monoisotopic (exact) mass is 464 g/mol. The largest absolute Gasteiger partial charge is 0.483 e. The second-order valence-electron chi connectivity index (χ2n) is 10.5. The number of aliphatic carboxylic acids is 2. The molecule has 0 aromatic rings. The molecule has 1 heterocycles. The number of epoxide rings is 1. The van der Waals surface area contributed by atoms with Gasteiger partial charge in [0.05, 0.1) is 5.41 Å². The number of rotatable bonds is 20. The normalized spacial score (nSPS) is 25.8. The fourth-order valence-electron chi connectivity index (χ4n) is 5.77. The van der Waals surface area contributed by atoms with Gasteiger partial charge in [0.1, 0.15) is 11.2 Å². The van der Waals surface area contributed by atoms with Crippen LogP contribution in [0.3, 0.4) is 0 Å². The summed E-state index contributed by atoms with van der Waals surface area (Å²) < 4.78 is 5.59. The summed E-state index contributed by atoms with van der Waals surface area (Å²) in [6.45, 7) is 4.42. The number of carboxylic acid groups (broad SMARTS) is 2. The van der Waals surface area contributed by atoms with Crippen molar-refractivity contribution in [1.29, 1.82) is 0 Å². The van der Waals surface area contributed by atoms with Crippen molar-refractivity contribution in [3.8, 4) is 0 Å². The van der Waals surface area contributed by atoms with Gasteiger partial charge in [-0.1, -0.05) is 117 Å². The lowest BCUT2D eigenvalue weighted by Gasteiger charge is -2.44. The minimum atomic E-state index is -1.36. The van der Waals surface area contributed by atoms with Gasteiger partial charge in [-0.15, -0.1) is 0 Å². The lowest BCUT2D eigenvalue weighted by molar-refractivity contribution is -0.173. The highest BCUT2D eigenvalue weighted by Crippen LogP contribution is 2.60. The van der Waals surface area contributed by atoms with Crippen molar-refractivity contribution in [2.75, 3.05) is 0 Å². The molecule has 33 heavy (non-hydrogen) atoms. The van der Waals surface area contributed by atoms with Crippen LogP contribution in [0.25, 0.3) is 0 Å². The Labute approximate surface area is 201 Å². The van der Waals surface area contributed by atoms with E-state index in [-0.39, 0.29) is 6.10 Å². The molecule has 1 aliphatic heterocycles. The van der Waals surface area contributed by atoms with E-state index in [9.17, 15) is 19.8 Å². The molecule has 5 heteroatoms. The van der Waals surface area contributed by atoms with E-state index in [0.717, 1.165) is 38.5 Å². The Bertz CT molecular complexity index is 642. The van der Waals surface area contributed by atoms with Crippen molar-refractivity contribution in [1.82, 2.24) is 0 Å². The van der Waals surface area contributed by atoms with E-state index < -0.39 is 22.8 Å². The Morgan fingerprint density at radius 3 is 1.67 bits per heavy atom. The van der Waals surface area contributed by atoms with Crippen LogP contribution >= 0.6 is 0 Å². The Hall–Kier alpha value is -1.52. The van der Waals surface area contributed by atoms with Gasteiger partial charge in [-0.3, -0.25) is 9.59 Å². The van der Waals surface area contributed by atoms with E-state index in [4.69, 9.17) is 4.74 Å². The molecule has 0 bridgehead atoms. The van der Waals surface area contributed by atoms with Gasteiger partial charge in [0, 0.05) is 6.42 Å². The van der Waals surface area contributed by atoms with Crippen molar-refractivity contribution in [3.63, 3.8) is 0 Å². The van der Waals surface area contributed by atoms with Crippen molar-refractivity contribution < 1.29 is 24.5 Å². The van der Waals surface area contributed by atoms with Crippen LogP contribution < -0.4 is 0 Å². The standard InChI is InChI=1S/C28H48O5/c1-3-5-7-9-11-13-15-17-19-27(25(29)30)21-23-24(33-23)22-28(27,26(31)32)20-18-16-14-12-10-8-6-4-2/h21,24H,3-20,22H2,1-2H3,(H,29,30)(H,31,32). The lowest BCUT2D eigenvalue weighted by Crippen LogP contribution is -2.53. The average Bonchev–Trinajstić information content (AvgIpc) is 3.54. The van der Waals surface area contributed by atoms with Crippen LogP contribution in [-0.4, -0.2) is 28.3 Å². The van der Waals surface area contributed by atoms with Gasteiger partial charge in [-0.2, -0.15) is 0 Å². The van der Waals surface area contributed by atoms with Gasteiger partial charge < -0.3 is 14.9 Å². The number of unbranched alkanes of at least 4 members (excludes halogenated alkanes) is 14. The summed E-state index contributed by atoms with van der Waals surface area (Å²) in [5, 5.41) is 20.8. The van der Waals surface area contributed by atoms with Gasteiger partial charge in [-0.25, -0.2) is 0 Å². The van der Waals surface area contributed by atoms with Crippen LogP contribution in [0.1, 0.15) is 136 Å². The van der Waals surface area contributed by atoms with Gasteiger partial charge in [0.2, 0.25) is 0 Å². The third kappa shape index (κ3) is 7.48. The minimum absolute atomic E-state index is 0.193. The SMILES string of the molecule is CCCCCCCCCCC1(C(=O)O)C=C2OC2CC1(CCCCCCCCCC)C(=O)O. The van der Waals surface area contributed by atoms with Gasteiger partial charge in [-0.05, 0) is 18.9 Å². The first-order valence-corrected chi connectivity index (χ1v) is 13.8. The summed E-state index contributed by atoms with van der Waals surface area (Å²) in [6, 6.07) is 0. The van der Waals surface area contributed by atoms with Crippen molar-refractivity contribution in [2.24, 2.45) is 10.8 Å². The first kappa shape index (κ1) is 27.7. The quantitative estimate of drug-likeness (QED) is 0.141. The molecule has 2 rings (SSSR count). The molecular formula is C28H48O5. The minimum Gasteiger partial charge on any atom is -0.483 e. The molecule has 0 amide bonds. The molecule has 1 fully saturated rings. The highest BCUT2D eigenvalue weighted by Gasteiger charge is 2.66. The molecule has 2 aliphatic rings. The predicted octanol–water partition coefficient (Wildman–Crippen LogP) is 7.88. The van der Waals surface area contributed by atoms with E-state index in [2.05, 4.69) is 13.8 Å². The van der Waals surface area contributed by atoms with Crippen LogP contribution in [-0.2, 0) is 14.3 Å². The van der Waals surface area contributed by atoms with Crippen molar-refractivity contribution >= 4 is 11.9 Å². The van der Waals surface area contributed by atoms with Crippen LogP contribution in [0, 0.1) is 10.8 Å². The molecule has 0 aromatic carbocycles. The molecule has 1 aliphatic carbocycles. The zero-order chi connectivity index (χ0) is 24.2. The number of hydrogen-bond acceptors (Lipinski definition) is 3. The molecule has 2 N–H and O–H groups in total. The van der Waals surface area contributed by atoms with Crippen LogP contribution in [0.4, 0.5) is 0 Å². The summed E-state index contributed by atoms with van der Waals surface area (Å²) in [5.74, 6) is -1.25. The second kappa shape index (κ2) is 14.0. The molecule has 3 atom stereocenters. The summed E-state index contributed by atoms with van der Waals surface area (Å²) >= 11 is 0. The van der Waals surface area contributed by atoms with Crippen LogP contribution in [0.5, 0.6) is 0 Å². The van der Waals surface area contributed by atoms with E-state index >= 15 is 0 Å². The third-order valence-electron chi connectivity index (χ3n) is 7.99. The second-order valence-corrected chi connectivity index (χ2v) is 10.5. The zero-order valence-electron chi connectivity index (χ0n) is 21.2. The number of ether oxygens (including phenoxy) is 1. The van der Waals surface area contributed by atoms with E-state index in [1.807, 2.05) is 0 Å². The molecule has 3 unspecified atom stereocenters. The zero-order valence-corrected chi connectivity index (χ0v) is 21.2. The summed E-state index contributed by atoms with van der Waals surface area (Å²) in [6.07, 6.45) is 20.6. The Morgan fingerprint density at radius 2 is 1.21 bits per heavy atom. The summed E-state index contributed by atoms with van der Waals surface area (Å²) in [7, 11) is 0. The maximum absolute atomic E-state index is 12.7. The number of carboxylic acids is 2. The topological polar surface area (TPSA) is 87.1 Å². The number of hydrogen-bond donors (Lipinski definition) is 2. The molecular weight excluding hydrogens is 416 g/mol. The summed E-state index contributed by atoms with van der Waals surface area (Å²) in [4.78, 5) is 25.4. The van der Waals surface area contributed by atoms with Gasteiger partial charge in [0.25, 0.3) is 0 Å². The molecule has 0 saturated carbocycles. The molecule has 0 spiro atoms. The Morgan fingerprint density at radius 1 is 0.758 bits per heavy atom. The highest BCUT2D eigenvalue weighted by molar-refractivity contribution is 5.89. The van der Waals surface area contributed by atoms with E-state index in [1.54, 1.807) is 6.08 Å². The molecule has 0 radical (unpaired) electrons. The van der Waals surface area contributed by atoms with E-state index in [0.29, 0.717) is 25.0 Å². The fraction of sp³-hybridized carbons (Fsp3) is 0.857. The maximum atomic E-state index is 12.7. The highest BCUT2D eigenvalue weighted by atomic mass is 16.6. The molecule has 1 saturated heterocycles. The molecule has 5 nitrogen and oxygen atoms in total. The summed E-state index contributed by atoms with van der Waals surface area (Å²) in [5.41, 5.74) is -2.63. The first-order chi connectivity index (χ1) is 15.9. The van der Waals surface area contributed by atoms with Crippen LogP contribution in [0.15, 0.2) is 11.8 Å². The maximum Gasteiger partial charge on any atom is 0.314 e. The Kier molecular flexibility index (Phi) is 11.8.